The van der Waals surface area contributed by atoms with Gasteiger partial charge in [0.2, 0.25) is 0 Å². The minimum Gasteiger partial charge on any atom is -0.375 e. The normalized spacial score (nSPS) is 32.0. The lowest BCUT2D eigenvalue weighted by molar-refractivity contribution is -0.400. The second-order valence-electron chi connectivity index (χ2n) is 7.74. The monoisotopic (exact) mass is 408 g/mol. The van der Waals surface area contributed by atoms with Crippen molar-refractivity contribution in [2.45, 2.75) is 109 Å². The van der Waals surface area contributed by atoms with Crippen LogP contribution in [0.25, 0.3) is 0 Å². The van der Waals surface area contributed by atoms with Crippen molar-refractivity contribution in [2.24, 2.45) is 0 Å². The first kappa shape index (κ1) is 23.3. The first-order valence-electron chi connectivity index (χ1n) is 10.7. The lowest BCUT2D eigenvalue weighted by atomic mass is 10.0. The van der Waals surface area contributed by atoms with Crippen LogP contribution in [0.4, 0.5) is 0 Å². The van der Waals surface area contributed by atoms with Crippen LogP contribution in [0, 0.1) is 0 Å². The molecule has 3 saturated heterocycles. The van der Waals surface area contributed by atoms with Gasteiger partial charge in [-0.25, -0.2) is 18.1 Å². The molecule has 1 unspecified atom stereocenters. The van der Waals surface area contributed by atoms with E-state index in [1.165, 1.54) is 77.0 Å². The van der Waals surface area contributed by atoms with E-state index >= 15 is 0 Å². The zero-order valence-corrected chi connectivity index (χ0v) is 17.6. The lowest BCUT2D eigenvalue weighted by Gasteiger charge is -2.32. The van der Waals surface area contributed by atoms with Crippen molar-refractivity contribution in [1.82, 2.24) is 0 Å². The van der Waals surface area contributed by atoms with Crippen molar-refractivity contribution in [1.29, 1.82) is 0 Å². The Kier molecular flexibility index (Phi) is 9.69. The minimum atomic E-state index is -3.76. The van der Waals surface area contributed by atoms with Crippen LogP contribution in [0.1, 0.15) is 96.8 Å². The summed E-state index contributed by atoms with van der Waals surface area (Å²) in [6.45, 7) is 2.35. The zero-order chi connectivity index (χ0) is 19.6. The van der Waals surface area contributed by atoms with Gasteiger partial charge in [-0.15, -0.1) is 0 Å². The van der Waals surface area contributed by atoms with Crippen molar-refractivity contribution >= 4 is 7.82 Å². The molecule has 3 aliphatic heterocycles. The van der Waals surface area contributed by atoms with Crippen LogP contribution in [0.2, 0.25) is 0 Å². The molecule has 8 heteroatoms. The SMILES string of the molecule is CCCCCCCCCCCCCCCCOCC1(O)OP2(=O)OC1(O)O2. The molecule has 7 nitrogen and oxygen atoms in total. The van der Waals surface area contributed by atoms with Gasteiger partial charge >= 0.3 is 13.8 Å². The molecular weight excluding hydrogens is 371 g/mol. The van der Waals surface area contributed by atoms with Crippen LogP contribution >= 0.6 is 7.82 Å². The van der Waals surface area contributed by atoms with E-state index in [1.54, 1.807) is 0 Å². The molecule has 0 radical (unpaired) electrons. The smallest absolute Gasteiger partial charge is 0.375 e. The number of fused-ring (bicyclic) bond motifs is 1. The Balaban J connectivity index is 1.31. The molecule has 3 rings (SSSR count). The van der Waals surface area contributed by atoms with E-state index in [1.807, 2.05) is 0 Å². The third-order valence-electron chi connectivity index (χ3n) is 5.17. The van der Waals surface area contributed by atoms with Crippen LogP contribution in [-0.2, 0) is 22.9 Å². The molecular formula is C19H37O7P. The topological polar surface area (TPSA) is 94.5 Å². The maximum Gasteiger partial charge on any atom is 0.486 e. The van der Waals surface area contributed by atoms with E-state index in [9.17, 15) is 14.8 Å². The first-order valence-corrected chi connectivity index (χ1v) is 12.1. The van der Waals surface area contributed by atoms with Gasteiger partial charge in [-0.2, -0.15) is 0 Å². The van der Waals surface area contributed by atoms with Gasteiger partial charge in [0.05, 0.1) is 0 Å². The summed E-state index contributed by atoms with van der Waals surface area (Å²) in [4.78, 5) is 0. The number of hydrogen-bond acceptors (Lipinski definition) is 7. The maximum absolute atomic E-state index is 11.4. The Labute approximate surface area is 163 Å². The largest absolute Gasteiger partial charge is 0.486 e. The molecule has 0 saturated carbocycles. The van der Waals surface area contributed by atoms with Crippen LogP contribution in [0.15, 0.2) is 0 Å². The Morgan fingerprint density at radius 1 is 0.741 bits per heavy atom. The molecule has 0 amide bonds. The van der Waals surface area contributed by atoms with Crippen LogP contribution in [-0.4, -0.2) is 35.2 Å². The van der Waals surface area contributed by atoms with Crippen molar-refractivity contribution in [2.75, 3.05) is 13.2 Å². The van der Waals surface area contributed by atoms with Gasteiger partial charge in [-0.1, -0.05) is 90.4 Å². The number of ether oxygens (including phenoxy) is 1. The summed E-state index contributed by atoms with van der Waals surface area (Å²) in [5.74, 6) is -4.57. The summed E-state index contributed by atoms with van der Waals surface area (Å²) in [5, 5.41) is 19.7. The van der Waals surface area contributed by atoms with Crippen molar-refractivity contribution in [3.8, 4) is 0 Å². The predicted molar refractivity (Wildman–Crippen MR) is 102 cm³/mol. The summed E-state index contributed by atoms with van der Waals surface area (Å²) in [6, 6.07) is 0. The van der Waals surface area contributed by atoms with E-state index in [0.717, 1.165) is 12.8 Å². The van der Waals surface area contributed by atoms with Crippen molar-refractivity contribution < 1.29 is 33.1 Å². The molecule has 2 N–H and O–H groups in total. The van der Waals surface area contributed by atoms with Gasteiger partial charge in [-0.3, -0.25) is 0 Å². The summed E-state index contributed by atoms with van der Waals surface area (Å²) < 4.78 is 30.6. The number of phosphoric ester groups is 1. The maximum atomic E-state index is 11.4. The number of hydrogen-bond donors (Lipinski definition) is 2. The van der Waals surface area contributed by atoms with Crippen LogP contribution in [0.5, 0.6) is 0 Å². The molecule has 0 spiro atoms. The summed E-state index contributed by atoms with van der Waals surface area (Å²) in [6.07, 6.45) is 18.0. The van der Waals surface area contributed by atoms with Gasteiger partial charge < -0.3 is 14.9 Å². The summed E-state index contributed by atoms with van der Waals surface area (Å²) >= 11 is 0. The third-order valence-corrected chi connectivity index (χ3v) is 6.64. The Bertz CT molecular complexity index is 463. The van der Waals surface area contributed by atoms with Crippen molar-refractivity contribution in [3.05, 3.63) is 0 Å². The number of aliphatic hydroxyl groups is 2. The number of phosphoric acid groups is 1. The number of rotatable bonds is 17. The highest BCUT2D eigenvalue weighted by molar-refractivity contribution is 7.50. The van der Waals surface area contributed by atoms with Gasteiger partial charge in [0, 0.05) is 6.61 Å². The highest BCUT2D eigenvalue weighted by atomic mass is 31.2. The highest BCUT2D eigenvalue weighted by Crippen LogP contribution is 2.76. The van der Waals surface area contributed by atoms with E-state index in [2.05, 4.69) is 16.0 Å². The molecule has 3 fully saturated rings. The predicted octanol–water partition coefficient (Wildman–Crippen LogP) is 5.00. The Hall–Kier alpha value is -0.0100. The Morgan fingerprint density at radius 3 is 1.59 bits per heavy atom. The highest BCUT2D eigenvalue weighted by Gasteiger charge is 2.80. The Morgan fingerprint density at radius 2 is 1.19 bits per heavy atom. The van der Waals surface area contributed by atoms with Crippen LogP contribution in [0.3, 0.4) is 0 Å². The molecule has 3 heterocycles. The lowest BCUT2D eigenvalue weighted by Crippen LogP contribution is -2.56. The van der Waals surface area contributed by atoms with E-state index < -0.39 is 19.6 Å². The fraction of sp³-hybridized carbons (Fsp3) is 1.00. The van der Waals surface area contributed by atoms with Gasteiger partial charge in [0.25, 0.3) is 5.79 Å². The average Bonchev–Trinajstić information content (AvgIpc) is 2.92. The molecule has 2 bridgehead atoms. The van der Waals surface area contributed by atoms with E-state index in [-0.39, 0.29) is 6.61 Å². The zero-order valence-electron chi connectivity index (χ0n) is 16.7. The average molecular weight is 408 g/mol. The quantitative estimate of drug-likeness (QED) is 0.258. The molecule has 0 aromatic carbocycles. The van der Waals surface area contributed by atoms with Gasteiger partial charge in [0.15, 0.2) is 0 Å². The van der Waals surface area contributed by atoms with Gasteiger partial charge in [0.1, 0.15) is 6.61 Å². The second kappa shape index (κ2) is 11.2. The molecule has 0 aliphatic carbocycles. The van der Waals surface area contributed by atoms with Crippen LogP contribution < -0.4 is 0 Å². The molecule has 160 valence electrons. The molecule has 0 aromatic heterocycles. The minimum absolute atomic E-state index is 0.341. The molecule has 3 aliphatic rings. The van der Waals surface area contributed by atoms with Gasteiger partial charge in [-0.05, 0) is 6.42 Å². The number of unbranched alkanes of at least 4 members (excludes halogenated alkanes) is 13. The molecule has 1 atom stereocenters. The first-order chi connectivity index (χ1) is 12.9. The molecule has 27 heavy (non-hydrogen) atoms. The van der Waals surface area contributed by atoms with Crippen molar-refractivity contribution in [3.63, 3.8) is 0 Å². The fourth-order valence-electron chi connectivity index (χ4n) is 3.46. The molecule has 0 aromatic rings. The third kappa shape index (κ3) is 7.07. The standard InChI is InChI=1S/C19H37O7P/c1-2-3-4-5-6-7-8-9-10-11-12-13-14-15-16-23-17-18(20)19(21)25-27(22,24-18)26-19/h20-21H,2-17H2,1H3. The fourth-order valence-corrected chi connectivity index (χ4v) is 4.98. The summed E-state index contributed by atoms with van der Waals surface area (Å²) in [5.41, 5.74) is 0. The van der Waals surface area contributed by atoms with E-state index in [0.29, 0.717) is 6.61 Å². The summed E-state index contributed by atoms with van der Waals surface area (Å²) in [7, 11) is -3.76. The second-order valence-corrected chi connectivity index (χ2v) is 9.18. The van der Waals surface area contributed by atoms with E-state index in [4.69, 9.17) is 9.26 Å².